The van der Waals surface area contributed by atoms with Crippen molar-refractivity contribution >= 4 is 5.97 Å². The zero-order valence-electron chi connectivity index (χ0n) is 20.2. The molecule has 2 fully saturated rings. The van der Waals surface area contributed by atoms with Crippen LogP contribution in [-0.4, -0.2) is 36.5 Å². The van der Waals surface area contributed by atoms with Gasteiger partial charge in [-0.25, -0.2) is 0 Å². The first kappa shape index (κ1) is 25.4. The summed E-state index contributed by atoms with van der Waals surface area (Å²) in [5.41, 5.74) is 2.16. The van der Waals surface area contributed by atoms with Gasteiger partial charge in [-0.3, -0.25) is 4.79 Å². The van der Waals surface area contributed by atoms with Crippen molar-refractivity contribution in [3.63, 3.8) is 0 Å². The van der Waals surface area contributed by atoms with Gasteiger partial charge in [0.25, 0.3) is 0 Å². The number of benzene rings is 2. The van der Waals surface area contributed by atoms with Crippen LogP contribution in [-0.2, 0) is 32.2 Å². The molecule has 2 aromatic rings. The molecule has 180 valence electrons. The van der Waals surface area contributed by atoms with Gasteiger partial charge in [-0.15, -0.1) is 0 Å². The molecule has 0 unspecified atom stereocenters. The lowest BCUT2D eigenvalue weighted by Gasteiger charge is -2.43. The van der Waals surface area contributed by atoms with Crippen LogP contribution in [0, 0.1) is 10.8 Å². The van der Waals surface area contributed by atoms with Crippen LogP contribution in [0.5, 0.6) is 0 Å². The largest absolute Gasteiger partial charge is 0.466 e. The van der Waals surface area contributed by atoms with Crippen LogP contribution in [0.25, 0.3) is 0 Å². The number of hydrogen-bond acceptors (Lipinski definition) is 5. The van der Waals surface area contributed by atoms with Gasteiger partial charge in [-0.2, -0.15) is 0 Å². The molecular formula is C28H38O5. The first-order valence-corrected chi connectivity index (χ1v) is 11.9. The van der Waals surface area contributed by atoms with E-state index in [1.54, 1.807) is 0 Å². The van der Waals surface area contributed by atoms with E-state index in [9.17, 15) is 4.79 Å². The summed E-state index contributed by atoms with van der Waals surface area (Å²) in [5.74, 6) is -0.0930. The maximum absolute atomic E-state index is 11.7. The fraction of sp³-hybridized carbons (Fsp3) is 0.536. The summed E-state index contributed by atoms with van der Waals surface area (Å²) in [7, 11) is 0. The lowest BCUT2D eigenvalue weighted by molar-refractivity contribution is -0.171. The van der Waals surface area contributed by atoms with E-state index in [-0.39, 0.29) is 29.5 Å². The molecule has 2 saturated carbocycles. The Balaban J connectivity index is 0.000000189. The summed E-state index contributed by atoms with van der Waals surface area (Å²) >= 11 is 0. The fourth-order valence-corrected chi connectivity index (χ4v) is 4.40. The number of hydrogen-bond donors (Lipinski definition) is 1. The van der Waals surface area contributed by atoms with E-state index in [1.165, 1.54) is 11.1 Å². The number of carbonyl (C=O) groups excluding carboxylic acids is 1. The Hall–Kier alpha value is -2.21. The monoisotopic (exact) mass is 454 g/mol. The molecule has 2 aromatic carbocycles. The van der Waals surface area contributed by atoms with Crippen LogP contribution >= 0.6 is 0 Å². The number of esters is 1. The van der Waals surface area contributed by atoms with Crippen LogP contribution in [0.15, 0.2) is 60.7 Å². The van der Waals surface area contributed by atoms with Gasteiger partial charge in [0, 0.05) is 6.61 Å². The maximum atomic E-state index is 11.7. The van der Waals surface area contributed by atoms with Gasteiger partial charge in [0.15, 0.2) is 0 Å². The second kappa shape index (κ2) is 11.8. The first-order chi connectivity index (χ1) is 15.9. The summed E-state index contributed by atoms with van der Waals surface area (Å²) in [5, 5.41) is 9.09. The van der Waals surface area contributed by atoms with E-state index in [1.807, 2.05) is 62.4 Å². The summed E-state index contributed by atoms with van der Waals surface area (Å²) in [6, 6.07) is 20.3. The number of carbonyl (C=O) groups is 1. The molecule has 0 spiro atoms. The maximum Gasteiger partial charge on any atom is 0.311 e. The van der Waals surface area contributed by atoms with Gasteiger partial charge in [-0.05, 0) is 56.1 Å². The van der Waals surface area contributed by atoms with Crippen LogP contribution in [0.1, 0.15) is 57.6 Å². The first-order valence-electron chi connectivity index (χ1n) is 11.9. The van der Waals surface area contributed by atoms with Gasteiger partial charge in [0.2, 0.25) is 0 Å². The minimum absolute atomic E-state index is 0.0930. The van der Waals surface area contributed by atoms with Gasteiger partial charge >= 0.3 is 5.97 Å². The number of aliphatic hydroxyl groups is 1. The minimum atomic E-state index is -0.336. The smallest absolute Gasteiger partial charge is 0.311 e. The van der Waals surface area contributed by atoms with Crippen molar-refractivity contribution in [1.82, 2.24) is 0 Å². The van der Waals surface area contributed by atoms with Crippen molar-refractivity contribution in [3.05, 3.63) is 71.8 Å². The van der Waals surface area contributed by atoms with E-state index in [2.05, 4.69) is 19.1 Å². The molecule has 33 heavy (non-hydrogen) atoms. The van der Waals surface area contributed by atoms with Crippen molar-refractivity contribution < 1.29 is 24.1 Å². The Morgan fingerprint density at radius 2 is 1.30 bits per heavy atom. The molecule has 0 amide bonds. The van der Waals surface area contributed by atoms with Crippen molar-refractivity contribution in [3.8, 4) is 0 Å². The number of aliphatic hydroxyl groups excluding tert-OH is 1. The lowest BCUT2D eigenvalue weighted by atomic mass is 9.68. The average Bonchev–Trinajstić information content (AvgIpc) is 2.80. The predicted octanol–water partition coefficient (Wildman–Crippen LogP) is 5.30. The highest BCUT2D eigenvalue weighted by Crippen LogP contribution is 2.44. The molecule has 0 saturated heterocycles. The molecule has 0 aliphatic heterocycles. The standard InChI is InChI=1S/C15H20O3.C13H18O2/c1-3-17-14(16)15(2)9-13(10-15)18-11-12-7-5-4-6-8-12;1-13(10-14)7-12(8-13)15-9-11-5-3-2-4-6-11/h4-8,13H,3,9-11H2,1-2H3;2-6,12,14H,7-10H2,1H3. The zero-order valence-corrected chi connectivity index (χ0v) is 20.2. The highest BCUT2D eigenvalue weighted by molar-refractivity contribution is 5.77. The highest BCUT2D eigenvalue weighted by Gasteiger charge is 2.48. The minimum Gasteiger partial charge on any atom is -0.466 e. The van der Waals surface area contributed by atoms with Crippen molar-refractivity contribution in [2.45, 2.75) is 71.9 Å². The van der Waals surface area contributed by atoms with Crippen molar-refractivity contribution in [1.29, 1.82) is 0 Å². The SMILES string of the molecule is CC1(CO)CC(OCc2ccccc2)C1.CCOC(=O)C1(C)CC(OCc2ccccc2)C1. The van der Waals surface area contributed by atoms with Gasteiger partial charge < -0.3 is 19.3 Å². The van der Waals surface area contributed by atoms with Gasteiger partial charge in [-0.1, -0.05) is 67.6 Å². The molecule has 0 radical (unpaired) electrons. The van der Waals surface area contributed by atoms with Crippen LogP contribution in [0.2, 0.25) is 0 Å². The third kappa shape index (κ3) is 7.39. The second-order valence-corrected chi connectivity index (χ2v) is 9.90. The average molecular weight is 455 g/mol. The van der Waals surface area contributed by atoms with Crippen LogP contribution < -0.4 is 0 Å². The normalized spacial score (nSPS) is 28.0. The Morgan fingerprint density at radius 3 is 1.73 bits per heavy atom. The van der Waals surface area contributed by atoms with E-state index in [4.69, 9.17) is 19.3 Å². The summed E-state index contributed by atoms with van der Waals surface area (Å²) in [6.07, 6.45) is 4.01. The van der Waals surface area contributed by atoms with Gasteiger partial charge in [0.05, 0.1) is 37.4 Å². The molecule has 0 aromatic heterocycles. The Morgan fingerprint density at radius 1 is 0.848 bits per heavy atom. The van der Waals surface area contributed by atoms with E-state index >= 15 is 0 Å². The highest BCUT2D eigenvalue weighted by atomic mass is 16.5. The molecular weight excluding hydrogens is 416 g/mol. The molecule has 4 rings (SSSR count). The van der Waals surface area contributed by atoms with Crippen molar-refractivity contribution in [2.24, 2.45) is 10.8 Å². The van der Waals surface area contributed by atoms with Crippen LogP contribution in [0.3, 0.4) is 0 Å². The Bertz CT molecular complexity index is 839. The number of rotatable bonds is 9. The fourth-order valence-electron chi connectivity index (χ4n) is 4.40. The Kier molecular flexibility index (Phi) is 9.07. The molecule has 5 nitrogen and oxygen atoms in total. The lowest BCUT2D eigenvalue weighted by Crippen LogP contribution is -2.46. The van der Waals surface area contributed by atoms with Crippen LogP contribution in [0.4, 0.5) is 0 Å². The predicted molar refractivity (Wildman–Crippen MR) is 128 cm³/mol. The molecule has 5 heteroatoms. The topological polar surface area (TPSA) is 65.0 Å². The third-order valence-corrected chi connectivity index (χ3v) is 6.60. The zero-order chi connectivity index (χ0) is 23.7. The molecule has 2 aliphatic carbocycles. The van der Waals surface area contributed by atoms with E-state index < -0.39 is 0 Å². The molecule has 2 aliphatic rings. The van der Waals surface area contributed by atoms with Gasteiger partial charge in [0.1, 0.15) is 0 Å². The Labute approximate surface area is 198 Å². The van der Waals surface area contributed by atoms with E-state index in [0.29, 0.717) is 25.9 Å². The molecule has 1 N–H and O–H groups in total. The summed E-state index contributed by atoms with van der Waals surface area (Å²) < 4.78 is 16.6. The quantitative estimate of drug-likeness (QED) is 0.521. The number of ether oxygens (including phenoxy) is 3. The third-order valence-electron chi connectivity index (χ3n) is 6.60. The summed E-state index contributed by atoms with van der Waals surface area (Å²) in [4.78, 5) is 11.7. The molecule has 0 bridgehead atoms. The van der Waals surface area contributed by atoms with Crippen molar-refractivity contribution in [2.75, 3.05) is 13.2 Å². The molecule has 0 heterocycles. The van der Waals surface area contributed by atoms with E-state index in [0.717, 1.165) is 25.7 Å². The second-order valence-electron chi connectivity index (χ2n) is 9.90. The molecule has 0 atom stereocenters. The summed E-state index contributed by atoms with van der Waals surface area (Å²) in [6.45, 7) is 7.92.